The van der Waals surface area contributed by atoms with E-state index in [1.54, 1.807) is 6.92 Å². The fourth-order valence-electron chi connectivity index (χ4n) is 3.98. The average molecular weight is 460 g/mol. The second-order valence-electron chi connectivity index (χ2n) is 7.62. The Morgan fingerprint density at radius 1 is 0.879 bits per heavy atom. The summed E-state index contributed by atoms with van der Waals surface area (Å²) >= 11 is 0. The van der Waals surface area contributed by atoms with Gasteiger partial charge in [-0.2, -0.15) is 0 Å². The van der Waals surface area contributed by atoms with Crippen molar-refractivity contribution in [1.29, 1.82) is 0 Å². The van der Waals surface area contributed by atoms with Crippen molar-refractivity contribution in [1.82, 2.24) is 10.6 Å². The molecule has 3 aromatic rings. The van der Waals surface area contributed by atoms with Gasteiger partial charge in [0.05, 0.1) is 18.2 Å². The minimum Gasteiger partial charge on any atom is -0.463 e. The van der Waals surface area contributed by atoms with Gasteiger partial charge in [-0.15, -0.1) is 0 Å². The van der Waals surface area contributed by atoms with Gasteiger partial charge in [-0.3, -0.25) is 0 Å². The lowest BCUT2D eigenvalue weighted by Gasteiger charge is -2.31. The number of rotatable bonds is 7. The van der Waals surface area contributed by atoms with Gasteiger partial charge in [-0.1, -0.05) is 91.0 Å². The van der Waals surface area contributed by atoms with Crippen LogP contribution in [0.5, 0.6) is 0 Å². The number of urea groups is 1. The van der Waals surface area contributed by atoms with E-state index < -0.39 is 25.2 Å². The molecule has 0 aromatic heterocycles. The third kappa shape index (κ3) is 4.76. The molecule has 1 aliphatic heterocycles. The predicted molar refractivity (Wildman–Crippen MR) is 129 cm³/mol. The molecule has 6 nitrogen and oxygen atoms in total. The first-order chi connectivity index (χ1) is 16.0. The van der Waals surface area contributed by atoms with Crippen LogP contribution in [0, 0.1) is 0 Å². The van der Waals surface area contributed by atoms with Crippen LogP contribution in [-0.2, 0) is 14.1 Å². The highest BCUT2D eigenvalue weighted by Gasteiger charge is 2.38. The van der Waals surface area contributed by atoms with Gasteiger partial charge in [-0.05, 0) is 12.5 Å². The normalized spacial score (nSPS) is 16.0. The van der Waals surface area contributed by atoms with E-state index in [0.29, 0.717) is 16.3 Å². The molecule has 0 saturated carbocycles. The van der Waals surface area contributed by atoms with Gasteiger partial charge < -0.3 is 19.9 Å². The third-order valence-electron chi connectivity index (χ3n) is 5.51. The standard InChI is InChI=1S/C26H25N2O4P/c1-2-32-25(29)23-22(27-26(30)28-24(23)19-12-6-3-7-13-19)18-33(31,20-14-8-4-9-15-20)21-16-10-5-11-17-21/h3-17,24H,2,18H2,1H3,(H2,27,28,30). The van der Waals surface area contributed by atoms with Crippen LogP contribution in [0.25, 0.3) is 0 Å². The summed E-state index contributed by atoms with van der Waals surface area (Å²) in [6.07, 6.45) is -0.0219. The van der Waals surface area contributed by atoms with Crippen molar-refractivity contribution >= 4 is 29.8 Å². The molecular formula is C26H25N2O4P. The first-order valence-electron chi connectivity index (χ1n) is 10.8. The molecule has 0 radical (unpaired) electrons. The number of hydrogen-bond acceptors (Lipinski definition) is 4. The second kappa shape index (κ2) is 9.88. The number of carbonyl (C=O) groups excluding carboxylic acids is 2. The summed E-state index contributed by atoms with van der Waals surface area (Å²) in [7, 11) is -3.24. The minimum absolute atomic E-state index is 0.0219. The number of esters is 1. The highest BCUT2D eigenvalue weighted by molar-refractivity contribution is 7.78. The van der Waals surface area contributed by atoms with Crippen LogP contribution in [0.4, 0.5) is 4.79 Å². The van der Waals surface area contributed by atoms with Gasteiger partial charge in [0.2, 0.25) is 0 Å². The quantitative estimate of drug-likeness (QED) is 0.414. The van der Waals surface area contributed by atoms with E-state index in [4.69, 9.17) is 4.74 Å². The fraction of sp³-hybridized carbons (Fsp3) is 0.154. The van der Waals surface area contributed by atoms with Gasteiger partial charge >= 0.3 is 12.0 Å². The zero-order chi connectivity index (χ0) is 23.3. The Balaban J connectivity index is 1.89. The van der Waals surface area contributed by atoms with Crippen LogP contribution < -0.4 is 21.2 Å². The van der Waals surface area contributed by atoms with E-state index in [9.17, 15) is 14.2 Å². The molecule has 0 bridgehead atoms. The third-order valence-corrected chi connectivity index (χ3v) is 8.54. The van der Waals surface area contributed by atoms with Crippen molar-refractivity contribution in [3.63, 3.8) is 0 Å². The maximum Gasteiger partial charge on any atom is 0.338 e. The average Bonchev–Trinajstić information content (AvgIpc) is 2.85. The van der Waals surface area contributed by atoms with Crippen molar-refractivity contribution in [2.24, 2.45) is 0 Å². The monoisotopic (exact) mass is 460 g/mol. The van der Waals surface area contributed by atoms with Crippen LogP contribution in [0.3, 0.4) is 0 Å². The molecule has 168 valence electrons. The Kier molecular flexibility index (Phi) is 6.76. The molecule has 2 amide bonds. The van der Waals surface area contributed by atoms with E-state index in [2.05, 4.69) is 10.6 Å². The lowest BCUT2D eigenvalue weighted by Crippen LogP contribution is -2.47. The molecule has 0 aliphatic carbocycles. The van der Waals surface area contributed by atoms with Gasteiger partial charge in [0.25, 0.3) is 0 Å². The Morgan fingerprint density at radius 3 is 1.91 bits per heavy atom. The minimum atomic E-state index is -3.24. The zero-order valence-corrected chi connectivity index (χ0v) is 19.1. The van der Waals surface area contributed by atoms with E-state index in [1.165, 1.54) is 0 Å². The van der Waals surface area contributed by atoms with Crippen molar-refractivity contribution in [2.75, 3.05) is 12.8 Å². The van der Waals surface area contributed by atoms with Gasteiger partial charge in [0, 0.05) is 22.5 Å². The molecule has 3 aromatic carbocycles. The van der Waals surface area contributed by atoms with Gasteiger partial charge in [0.1, 0.15) is 7.14 Å². The number of hydrogen-bond donors (Lipinski definition) is 2. The van der Waals surface area contributed by atoms with E-state index in [-0.39, 0.29) is 18.3 Å². The number of benzene rings is 3. The first-order valence-corrected chi connectivity index (χ1v) is 12.6. The number of carbonyl (C=O) groups is 2. The summed E-state index contributed by atoms with van der Waals surface area (Å²) < 4.78 is 19.9. The van der Waals surface area contributed by atoms with Gasteiger partial charge in [-0.25, -0.2) is 9.59 Å². The Bertz CT molecular complexity index is 1170. The number of ether oxygens (including phenoxy) is 1. The molecule has 0 fully saturated rings. The first kappa shape index (κ1) is 22.6. The highest BCUT2D eigenvalue weighted by atomic mass is 31.2. The van der Waals surface area contributed by atoms with Crippen molar-refractivity contribution in [3.05, 3.63) is 108 Å². The summed E-state index contributed by atoms with van der Waals surface area (Å²) in [6, 6.07) is 26.3. The Morgan fingerprint density at radius 2 is 1.39 bits per heavy atom. The fourth-order valence-corrected chi connectivity index (χ4v) is 6.65. The second-order valence-corrected chi connectivity index (χ2v) is 10.5. The molecule has 1 atom stereocenters. The maximum atomic E-state index is 14.6. The molecule has 1 heterocycles. The summed E-state index contributed by atoms with van der Waals surface area (Å²) in [6.45, 7) is 1.91. The number of allylic oxidation sites excluding steroid dienone is 1. The van der Waals surface area contributed by atoms with Crippen LogP contribution in [0.1, 0.15) is 18.5 Å². The predicted octanol–water partition coefficient (Wildman–Crippen LogP) is 3.87. The van der Waals surface area contributed by atoms with Crippen molar-refractivity contribution < 1.29 is 18.9 Å². The number of amides is 2. The van der Waals surface area contributed by atoms with Crippen molar-refractivity contribution in [3.8, 4) is 0 Å². The molecule has 1 unspecified atom stereocenters. The molecule has 7 heteroatoms. The molecule has 0 saturated heterocycles. The Labute approximate surface area is 193 Å². The Hall–Kier alpha value is -3.63. The molecule has 33 heavy (non-hydrogen) atoms. The molecule has 2 N–H and O–H groups in total. The van der Waals surface area contributed by atoms with E-state index in [0.717, 1.165) is 5.56 Å². The lowest BCUT2D eigenvalue weighted by molar-refractivity contribution is -0.139. The highest BCUT2D eigenvalue weighted by Crippen LogP contribution is 2.46. The van der Waals surface area contributed by atoms with Crippen LogP contribution in [-0.4, -0.2) is 24.8 Å². The summed E-state index contributed by atoms with van der Waals surface area (Å²) in [5.74, 6) is -0.554. The smallest absolute Gasteiger partial charge is 0.338 e. The topological polar surface area (TPSA) is 84.5 Å². The lowest BCUT2D eigenvalue weighted by atomic mass is 9.95. The van der Waals surface area contributed by atoms with Crippen LogP contribution >= 0.6 is 7.14 Å². The van der Waals surface area contributed by atoms with Gasteiger partial charge in [0.15, 0.2) is 0 Å². The molecule has 4 rings (SSSR count). The zero-order valence-electron chi connectivity index (χ0n) is 18.2. The largest absolute Gasteiger partial charge is 0.463 e. The molecule has 0 spiro atoms. The van der Waals surface area contributed by atoms with Crippen molar-refractivity contribution in [2.45, 2.75) is 13.0 Å². The van der Waals surface area contributed by atoms with E-state index in [1.807, 2.05) is 91.0 Å². The number of nitrogens with one attached hydrogen (secondary N) is 2. The summed E-state index contributed by atoms with van der Waals surface area (Å²) in [4.78, 5) is 25.7. The maximum absolute atomic E-state index is 14.6. The van der Waals surface area contributed by atoms with Crippen LogP contribution in [0.15, 0.2) is 102 Å². The van der Waals surface area contributed by atoms with Crippen LogP contribution in [0.2, 0.25) is 0 Å². The SMILES string of the molecule is CCOC(=O)C1=C(CP(=O)(c2ccccc2)c2ccccc2)NC(=O)NC1c1ccccc1. The summed E-state index contributed by atoms with van der Waals surface area (Å²) in [5.41, 5.74) is 1.30. The molecular weight excluding hydrogens is 435 g/mol. The summed E-state index contributed by atoms with van der Waals surface area (Å²) in [5, 5.41) is 6.87. The van der Waals surface area contributed by atoms with E-state index >= 15 is 0 Å². The molecule has 1 aliphatic rings.